The van der Waals surface area contributed by atoms with Crippen LogP contribution in [-0.4, -0.2) is 31.7 Å². The van der Waals surface area contributed by atoms with Crippen molar-refractivity contribution in [2.75, 3.05) is 18.4 Å². The smallest absolute Gasteiger partial charge is 0.326 e. The minimum Gasteiger partial charge on any atom is -0.326 e. The van der Waals surface area contributed by atoms with Gasteiger partial charge in [0.05, 0.1) is 16.9 Å². The van der Waals surface area contributed by atoms with Crippen molar-refractivity contribution in [1.82, 2.24) is 4.31 Å². The zero-order valence-electron chi connectivity index (χ0n) is 16.4. The maximum Gasteiger partial charge on any atom is 0.416 e. The number of rotatable bonds is 5. The Morgan fingerprint density at radius 3 is 2.33 bits per heavy atom. The largest absolute Gasteiger partial charge is 0.416 e. The molecule has 0 radical (unpaired) electrons. The Morgan fingerprint density at radius 1 is 1.10 bits per heavy atom. The van der Waals surface area contributed by atoms with Gasteiger partial charge in [0.15, 0.2) is 0 Å². The highest BCUT2D eigenvalue weighted by Crippen LogP contribution is 2.29. The predicted octanol–water partition coefficient (Wildman–Crippen LogP) is 4.31. The number of anilines is 1. The predicted molar refractivity (Wildman–Crippen MR) is 107 cm³/mol. The first-order chi connectivity index (χ1) is 14.1. The Kier molecular flexibility index (Phi) is 6.52. The molecule has 1 heterocycles. The highest BCUT2D eigenvalue weighted by molar-refractivity contribution is 7.89. The molecular formula is C21H23F3N2O3S. The molecule has 0 atom stereocenters. The van der Waals surface area contributed by atoms with Gasteiger partial charge in [0.1, 0.15) is 0 Å². The number of sulfonamides is 1. The molecule has 1 saturated heterocycles. The van der Waals surface area contributed by atoms with E-state index in [0.717, 1.165) is 25.0 Å². The summed E-state index contributed by atoms with van der Waals surface area (Å²) >= 11 is 0. The molecule has 162 valence electrons. The van der Waals surface area contributed by atoms with Gasteiger partial charge in [-0.2, -0.15) is 17.5 Å². The van der Waals surface area contributed by atoms with Crippen molar-refractivity contribution in [2.45, 2.75) is 37.3 Å². The molecule has 3 rings (SSSR count). The highest BCUT2D eigenvalue weighted by Gasteiger charge is 2.30. The lowest BCUT2D eigenvalue weighted by molar-refractivity contribution is -0.137. The lowest BCUT2D eigenvalue weighted by Crippen LogP contribution is -2.37. The van der Waals surface area contributed by atoms with Crippen LogP contribution >= 0.6 is 0 Å². The molecule has 2 aromatic rings. The fraction of sp³-hybridized carbons (Fsp3) is 0.381. The van der Waals surface area contributed by atoms with Gasteiger partial charge in [0.2, 0.25) is 15.9 Å². The molecule has 0 aliphatic carbocycles. The summed E-state index contributed by atoms with van der Waals surface area (Å²) in [6, 6.07) is 10.4. The first-order valence-corrected chi connectivity index (χ1v) is 11.1. The van der Waals surface area contributed by atoms with Crippen LogP contribution in [0.25, 0.3) is 0 Å². The third-order valence-corrected chi connectivity index (χ3v) is 7.05. The van der Waals surface area contributed by atoms with Gasteiger partial charge >= 0.3 is 6.18 Å². The zero-order chi connectivity index (χ0) is 21.9. The summed E-state index contributed by atoms with van der Waals surface area (Å²) in [5, 5.41) is 2.58. The minimum absolute atomic E-state index is 0.146. The van der Waals surface area contributed by atoms with Crippen LogP contribution in [0.5, 0.6) is 0 Å². The number of alkyl halides is 3. The molecule has 0 saturated carbocycles. The number of hydrogen-bond acceptors (Lipinski definition) is 3. The van der Waals surface area contributed by atoms with Crippen molar-refractivity contribution in [2.24, 2.45) is 5.92 Å². The van der Waals surface area contributed by atoms with Crippen LogP contribution in [0.4, 0.5) is 18.9 Å². The van der Waals surface area contributed by atoms with Crippen molar-refractivity contribution in [1.29, 1.82) is 0 Å². The van der Waals surface area contributed by atoms with Crippen LogP contribution in [0.3, 0.4) is 0 Å². The number of carbonyl (C=O) groups is 1. The van der Waals surface area contributed by atoms with Crippen LogP contribution in [-0.2, 0) is 27.4 Å². The van der Waals surface area contributed by atoms with Gasteiger partial charge in [-0.05, 0) is 54.7 Å². The van der Waals surface area contributed by atoms with Gasteiger partial charge < -0.3 is 5.32 Å². The van der Waals surface area contributed by atoms with E-state index in [1.165, 1.54) is 40.7 Å². The number of benzene rings is 2. The van der Waals surface area contributed by atoms with E-state index >= 15 is 0 Å². The van der Waals surface area contributed by atoms with E-state index in [1.54, 1.807) is 0 Å². The molecule has 1 aliphatic rings. The fourth-order valence-corrected chi connectivity index (χ4v) is 4.80. The summed E-state index contributed by atoms with van der Waals surface area (Å²) in [7, 11) is -3.58. The van der Waals surface area contributed by atoms with Gasteiger partial charge in [-0.1, -0.05) is 25.1 Å². The topological polar surface area (TPSA) is 66.5 Å². The molecule has 5 nitrogen and oxygen atoms in total. The van der Waals surface area contributed by atoms with Crippen molar-refractivity contribution >= 4 is 21.6 Å². The summed E-state index contributed by atoms with van der Waals surface area (Å²) in [6.07, 6.45) is -3.05. The molecule has 0 spiro atoms. The number of halogens is 3. The number of piperidine rings is 1. The second kappa shape index (κ2) is 8.77. The zero-order valence-corrected chi connectivity index (χ0v) is 17.3. The second-order valence-electron chi connectivity index (χ2n) is 7.53. The molecule has 1 fully saturated rings. The van der Waals surface area contributed by atoms with Crippen LogP contribution in [0.1, 0.15) is 30.9 Å². The van der Waals surface area contributed by atoms with E-state index in [0.29, 0.717) is 24.7 Å². The van der Waals surface area contributed by atoms with Crippen LogP contribution < -0.4 is 5.32 Å². The standard InChI is InChI=1S/C21H23F3N2O3S/c1-15-9-11-26(12-10-15)30(28,29)19-7-5-18(6-8-19)25-20(27)14-16-3-2-4-17(13-16)21(22,23)24/h2-8,13,15H,9-12,14H2,1H3,(H,25,27). The van der Waals surface area contributed by atoms with Crippen molar-refractivity contribution in [3.63, 3.8) is 0 Å². The SMILES string of the molecule is CC1CCN(S(=O)(=O)c2ccc(NC(=O)Cc3cccc(C(F)(F)F)c3)cc2)CC1. The summed E-state index contributed by atoms with van der Waals surface area (Å²) in [6.45, 7) is 3.07. The van der Waals surface area contributed by atoms with Crippen LogP contribution in [0.2, 0.25) is 0 Å². The molecule has 1 N–H and O–H groups in total. The van der Waals surface area contributed by atoms with Gasteiger partial charge in [0.25, 0.3) is 0 Å². The number of nitrogens with one attached hydrogen (secondary N) is 1. The normalized spacial score (nSPS) is 16.4. The summed E-state index contributed by atoms with van der Waals surface area (Å²) in [4.78, 5) is 12.3. The second-order valence-corrected chi connectivity index (χ2v) is 9.47. The third kappa shape index (κ3) is 5.40. The molecule has 2 aromatic carbocycles. The third-order valence-electron chi connectivity index (χ3n) is 5.14. The van der Waals surface area contributed by atoms with E-state index in [-0.39, 0.29) is 16.9 Å². The maximum absolute atomic E-state index is 12.8. The monoisotopic (exact) mass is 440 g/mol. The Bertz CT molecular complexity index is 997. The molecule has 9 heteroatoms. The first kappa shape index (κ1) is 22.3. The molecule has 0 bridgehead atoms. The fourth-order valence-electron chi connectivity index (χ4n) is 3.33. The van der Waals surface area contributed by atoms with E-state index in [9.17, 15) is 26.4 Å². The Hall–Kier alpha value is -2.39. The van der Waals surface area contributed by atoms with Gasteiger partial charge in [-0.25, -0.2) is 8.42 Å². The average Bonchev–Trinajstić information content (AvgIpc) is 2.68. The van der Waals surface area contributed by atoms with Crippen molar-refractivity contribution in [3.05, 3.63) is 59.7 Å². The summed E-state index contributed by atoms with van der Waals surface area (Å²) in [5.41, 5.74) is -0.200. The molecule has 1 amide bonds. The van der Waals surface area contributed by atoms with Crippen LogP contribution in [0.15, 0.2) is 53.4 Å². The first-order valence-electron chi connectivity index (χ1n) is 9.62. The minimum atomic E-state index is -4.47. The van der Waals surface area contributed by atoms with Crippen LogP contribution in [0, 0.1) is 5.92 Å². The van der Waals surface area contributed by atoms with Crippen molar-refractivity contribution < 1.29 is 26.4 Å². The Labute approximate surface area is 173 Å². The van der Waals surface area contributed by atoms with Crippen molar-refractivity contribution in [3.8, 4) is 0 Å². The molecule has 30 heavy (non-hydrogen) atoms. The van der Waals surface area contributed by atoms with E-state index in [4.69, 9.17) is 0 Å². The maximum atomic E-state index is 12.8. The van der Waals surface area contributed by atoms with Gasteiger partial charge in [-0.15, -0.1) is 0 Å². The lowest BCUT2D eigenvalue weighted by atomic mass is 10.0. The molecule has 1 aliphatic heterocycles. The number of hydrogen-bond donors (Lipinski definition) is 1. The van der Waals surface area contributed by atoms with Gasteiger partial charge in [0, 0.05) is 18.8 Å². The number of amides is 1. The summed E-state index contributed by atoms with van der Waals surface area (Å²) < 4.78 is 65.3. The Morgan fingerprint density at radius 2 is 1.73 bits per heavy atom. The molecule has 0 aromatic heterocycles. The lowest BCUT2D eigenvalue weighted by Gasteiger charge is -2.29. The van der Waals surface area contributed by atoms with Gasteiger partial charge in [-0.3, -0.25) is 4.79 Å². The highest BCUT2D eigenvalue weighted by atomic mass is 32.2. The van der Waals surface area contributed by atoms with E-state index in [1.807, 2.05) is 0 Å². The number of carbonyl (C=O) groups excluding carboxylic acids is 1. The Balaban J connectivity index is 1.64. The average molecular weight is 440 g/mol. The van der Waals surface area contributed by atoms with E-state index in [2.05, 4.69) is 12.2 Å². The summed E-state index contributed by atoms with van der Waals surface area (Å²) in [5.74, 6) is 0.0146. The quantitative estimate of drug-likeness (QED) is 0.754. The number of nitrogens with zero attached hydrogens (tertiary/aromatic N) is 1. The molecular weight excluding hydrogens is 417 g/mol. The molecule has 0 unspecified atom stereocenters. The van der Waals surface area contributed by atoms with E-state index < -0.39 is 27.7 Å².